The maximum absolute atomic E-state index is 13.5. The van der Waals surface area contributed by atoms with Gasteiger partial charge in [-0.15, -0.1) is 0 Å². The maximum Gasteiger partial charge on any atom is 0.156 e. The van der Waals surface area contributed by atoms with Crippen molar-refractivity contribution < 1.29 is 32.7 Å². The largest absolute Gasteiger partial charge is 0.490 e. The summed E-state index contributed by atoms with van der Waals surface area (Å²) in [5.41, 5.74) is 2.60. The van der Waals surface area contributed by atoms with Crippen LogP contribution >= 0.6 is 0 Å². The van der Waals surface area contributed by atoms with E-state index >= 15 is 0 Å². The van der Waals surface area contributed by atoms with Crippen LogP contribution in [0.4, 0.5) is 11.6 Å². The molecule has 0 aliphatic heterocycles. The molecule has 0 aliphatic rings. The molecule has 2 heterocycles. The number of carbonyl (C=O) groups excluding carboxylic acids is 1. The molecule has 3 aromatic rings. The summed E-state index contributed by atoms with van der Waals surface area (Å²) >= 11 is 0. The molecule has 2 N–H and O–H groups in total. The number of aromatic nitrogens is 4. The average Bonchev–Trinajstić information content (AvgIpc) is 3.24. The first-order chi connectivity index (χ1) is 19.2. The van der Waals surface area contributed by atoms with Gasteiger partial charge in [0.05, 0.1) is 67.5 Å². The number of hydrogen-bond acceptors (Lipinski definition) is 11. The van der Waals surface area contributed by atoms with Crippen molar-refractivity contribution in [2.75, 3.05) is 64.8 Å². The number of hydrogen-bond donors (Lipinski definition) is 2. The number of aldehydes is 1. The summed E-state index contributed by atoms with van der Waals surface area (Å²) in [4.78, 5) is 19.5. The van der Waals surface area contributed by atoms with Crippen LogP contribution in [-0.2, 0) is 34.5 Å². The fourth-order valence-electron chi connectivity index (χ4n) is 3.47. The highest BCUT2D eigenvalue weighted by Crippen LogP contribution is 2.35. The molecule has 0 fully saturated rings. The van der Waals surface area contributed by atoms with Crippen molar-refractivity contribution in [3.63, 3.8) is 0 Å². The Morgan fingerprint density at radius 3 is 2.10 bits per heavy atom. The summed E-state index contributed by atoms with van der Waals surface area (Å²) in [5, 5.41) is 11.3. The van der Waals surface area contributed by atoms with Gasteiger partial charge in [-0.1, -0.05) is 0 Å². The quantitative estimate of drug-likeness (QED) is 0.170. The monoisotopic (exact) mass is 577 g/mol. The standard InChI is InChI=1S/C27H39N5O7S/c1-19-20(2)31-32-25(19)30-26-21-16-24(40(34)27(3,4)5)23(17-22(21)28-18-29-26)39-15-14-38-13-12-37-11-10-36-9-8-35-7-6-33/h6,16-18H,7-15H2,1-5H3,(H2,28,29,30,31,32). The summed E-state index contributed by atoms with van der Waals surface area (Å²) in [7, 11) is -1.37. The zero-order chi connectivity index (χ0) is 29.0. The SMILES string of the molecule is Cc1[nH]nc(Nc2ncnc3cc(OCCOCCOCCOCCOCC=O)c(S(=O)C(C)(C)C)cc23)c1C. The number of aryl methyl sites for hydroxylation is 1. The minimum atomic E-state index is -1.37. The van der Waals surface area contributed by atoms with Gasteiger partial charge in [0.15, 0.2) is 5.82 Å². The van der Waals surface area contributed by atoms with E-state index in [-0.39, 0.29) is 13.2 Å². The normalized spacial score (nSPS) is 12.5. The van der Waals surface area contributed by atoms with Crippen LogP contribution in [0.3, 0.4) is 0 Å². The van der Waals surface area contributed by atoms with Crippen LogP contribution in [0.1, 0.15) is 32.0 Å². The molecule has 0 aliphatic carbocycles. The Hall–Kier alpha value is -2.97. The van der Waals surface area contributed by atoms with Crippen molar-refractivity contribution in [2.45, 2.75) is 44.3 Å². The molecule has 40 heavy (non-hydrogen) atoms. The minimum Gasteiger partial charge on any atom is -0.490 e. The molecule has 3 rings (SSSR count). The van der Waals surface area contributed by atoms with Crippen molar-refractivity contribution in [1.29, 1.82) is 0 Å². The predicted molar refractivity (Wildman–Crippen MR) is 152 cm³/mol. The first-order valence-electron chi connectivity index (χ1n) is 13.1. The highest BCUT2D eigenvalue weighted by Gasteiger charge is 2.26. The number of nitrogens with one attached hydrogen (secondary N) is 2. The molecule has 1 aromatic carbocycles. The Kier molecular flexibility index (Phi) is 12.4. The zero-order valence-electron chi connectivity index (χ0n) is 23.8. The van der Waals surface area contributed by atoms with E-state index in [1.54, 1.807) is 6.07 Å². The fourth-order valence-corrected chi connectivity index (χ4v) is 4.66. The third-order valence-electron chi connectivity index (χ3n) is 5.73. The number of aromatic amines is 1. The van der Waals surface area contributed by atoms with Gasteiger partial charge in [0.2, 0.25) is 0 Å². The third-order valence-corrected chi connectivity index (χ3v) is 7.56. The molecular weight excluding hydrogens is 538 g/mol. The second kappa shape index (κ2) is 15.7. The predicted octanol–water partition coefficient (Wildman–Crippen LogP) is 3.26. The minimum absolute atomic E-state index is 0.0798. The van der Waals surface area contributed by atoms with Crippen molar-refractivity contribution in [3.05, 3.63) is 29.7 Å². The smallest absolute Gasteiger partial charge is 0.156 e. The number of nitrogens with zero attached hydrogens (tertiary/aromatic N) is 3. The Bertz CT molecular complexity index is 1260. The number of rotatable bonds is 18. The van der Waals surface area contributed by atoms with Crippen molar-refractivity contribution >= 4 is 39.6 Å². The third kappa shape index (κ3) is 9.30. The summed E-state index contributed by atoms with van der Waals surface area (Å²) in [6.07, 6.45) is 2.18. The van der Waals surface area contributed by atoms with E-state index in [1.165, 1.54) is 6.33 Å². The van der Waals surface area contributed by atoms with Crippen LogP contribution in [0.2, 0.25) is 0 Å². The number of ether oxygens (including phenoxy) is 5. The Labute approximate surface area is 236 Å². The maximum atomic E-state index is 13.5. The molecule has 2 aromatic heterocycles. The van der Waals surface area contributed by atoms with Gasteiger partial charge in [-0.25, -0.2) is 9.97 Å². The van der Waals surface area contributed by atoms with E-state index in [4.69, 9.17) is 23.7 Å². The van der Waals surface area contributed by atoms with Crippen molar-refractivity contribution in [2.24, 2.45) is 0 Å². The average molecular weight is 578 g/mol. The Balaban J connectivity index is 1.56. The molecule has 1 atom stereocenters. The molecule has 0 amide bonds. The lowest BCUT2D eigenvalue weighted by molar-refractivity contribution is -0.112. The highest BCUT2D eigenvalue weighted by molar-refractivity contribution is 7.86. The highest BCUT2D eigenvalue weighted by atomic mass is 32.2. The summed E-state index contributed by atoms with van der Waals surface area (Å²) in [6, 6.07) is 3.62. The summed E-state index contributed by atoms with van der Waals surface area (Å²) < 4.78 is 40.4. The molecule has 1 unspecified atom stereocenters. The van der Waals surface area contributed by atoms with Gasteiger partial charge in [-0.2, -0.15) is 5.10 Å². The number of H-pyrrole nitrogens is 1. The van der Waals surface area contributed by atoms with Crippen LogP contribution in [-0.4, -0.2) is 94.9 Å². The van der Waals surface area contributed by atoms with Gasteiger partial charge in [-0.05, 0) is 40.7 Å². The molecule has 0 spiro atoms. The van der Waals surface area contributed by atoms with E-state index in [1.807, 2.05) is 40.7 Å². The molecule has 0 bridgehead atoms. The number of anilines is 2. The van der Waals surface area contributed by atoms with E-state index < -0.39 is 15.5 Å². The van der Waals surface area contributed by atoms with Crippen LogP contribution in [0.5, 0.6) is 5.75 Å². The van der Waals surface area contributed by atoms with Gasteiger partial charge in [0.1, 0.15) is 37.4 Å². The van der Waals surface area contributed by atoms with E-state index in [2.05, 4.69) is 25.5 Å². The van der Waals surface area contributed by atoms with Gasteiger partial charge in [-0.3, -0.25) is 9.31 Å². The fraction of sp³-hybridized carbons (Fsp3) is 0.556. The zero-order valence-corrected chi connectivity index (χ0v) is 24.6. The lowest BCUT2D eigenvalue weighted by Gasteiger charge is -2.21. The van der Waals surface area contributed by atoms with Crippen molar-refractivity contribution in [1.82, 2.24) is 20.2 Å². The van der Waals surface area contributed by atoms with Crippen LogP contribution < -0.4 is 10.1 Å². The first kappa shape index (κ1) is 31.6. The van der Waals surface area contributed by atoms with Crippen LogP contribution in [0.25, 0.3) is 10.9 Å². The lowest BCUT2D eigenvalue weighted by Crippen LogP contribution is -2.22. The van der Waals surface area contributed by atoms with Gasteiger partial charge in [0, 0.05) is 27.5 Å². The molecule has 0 saturated carbocycles. The lowest BCUT2D eigenvalue weighted by atomic mass is 10.2. The first-order valence-corrected chi connectivity index (χ1v) is 14.2. The molecule has 12 nitrogen and oxygen atoms in total. The van der Waals surface area contributed by atoms with Crippen LogP contribution in [0.15, 0.2) is 23.4 Å². The summed E-state index contributed by atoms with van der Waals surface area (Å²) in [6.45, 7) is 12.8. The van der Waals surface area contributed by atoms with E-state index in [9.17, 15) is 9.00 Å². The van der Waals surface area contributed by atoms with E-state index in [0.29, 0.717) is 85.7 Å². The second-order valence-corrected chi connectivity index (χ2v) is 12.0. The molecule has 0 radical (unpaired) electrons. The Morgan fingerprint density at radius 2 is 1.52 bits per heavy atom. The number of fused-ring (bicyclic) bond motifs is 1. The summed E-state index contributed by atoms with van der Waals surface area (Å²) in [5.74, 6) is 1.73. The topological polar surface area (TPSA) is 147 Å². The van der Waals surface area contributed by atoms with Gasteiger partial charge < -0.3 is 33.8 Å². The molecule has 220 valence electrons. The Morgan fingerprint density at radius 1 is 0.900 bits per heavy atom. The second-order valence-electron chi connectivity index (χ2n) is 9.79. The molecular formula is C27H39N5O7S. The van der Waals surface area contributed by atoms with Gasteiger partial charge >= 0.3 is 0 Å². The number of carbonyl (C=O) groups is 1. The van der Waals surface area contributed by atoms with E-state index in [0.717, 1.165) is 11.3 Å². The van der Waals surface area contributed by atoms with Crippen molar-refractivity contribution in [3.8, 4) is 5.75 Å². The van der Waals surface area contributed by atoms with Crippen LogP contribution in [0, 0.1) is 13.8 Å². The molecule has 13 heteroatoms. The number of benzene rings is 1. The molecule has 0 saturated heterocycles. The van der Waals surface area contributed by atoms with Gasteiger partial charge in [0.25, 0.3) is 0 Å².